The second kappa shape index (κ2) is 8.46. The second-order valence-corrected chi connectivity index (χ2v) is 4.01. The van der Waals surface area contributed by atoms with Gasteiger partial charge in [-0.25, -0.2) is 4.79 Å². The fraction of sp³-hybridized carbons (Fsp3) is 0.727. The summed E-state index contributed by atoms with van der Waals surface area (Å²) >= 11 is 0. The number of aliphatic carboxylic acids is 1. The first kappa shape index (κ1) is 16.4. The molecule has 0 aromatic heterocycles. The van der Waals surface area contributed by atoms with Gasteiger partial charge in [0.15, 0.2) is 0 Å². The van der Waals surface area contributed by atoms with Crippen LogP contribution in [0.4, 0.5) is 0 Å². The van der Waals surface area contributed by atoms with Gasteiger partial charge in [0.2, 0.25) is 11.8 Å². The molecule has 0 radical (unpaired) electrons. The van der Waals surface area contributed by atoms with E-state index in [1.807, 2.05) is 6.92 Å². The molecule has 7 nitrogen and oxygen atoms in total. The van der Waals surface area contributed by atoms with Gasteiger partial charge in [0.05, 0.1) is 6.54 Å². The van der Waals surface area contributed by atoms with Crippen LogP contribution in [0.1, 0.15) is 26.7 Å². The van der Waals surface area contributed by atoms with Gasteiger partial charge in [0.1, 0.15) is 12.1 Å². The largest absolute Gasteiger partial charge is 0.480 e. The number of hydrogen-bond acceptors (Lipinski definition) is 4. The van der Waals surface area contributed by atoms with Crippen molar-refractivity contribution in [3.05, 3.63) is 0 Å². The van der Waals surface area contributed by atoms with Gasteiger partial charge in [-0.3, -0.25) is 9.59 Å². The first-order valence-electron chi connectivity index (χ1n) is 5.89. The number of carbonyl (C=O) groups excluding carboxylic acids is 2. The maximum absolute atomic E-state index is 11.7. The molecular formula is C11H21N3O4. The summed E-state index contributed by atoms with van der Waals surface area (Å²) in [6.07, 6.45) is 1.01. The minimum atomic E-state index is -1.07. The maximum atomic E-state index is 11.7. The fourth-order valence-electron chi connectivity index (χ4n) is 1.36. The van der Waals surface area contributed by atoms with Gasteiger partial charge >= 0.3 is 5.97 Å². The van der Waals surface area contributed by atoms with E-state index in [1.54, 1.807) is 7.05 Å². The summed E-state index contributed by atoms with van der Waals surface area (Å²) in [6, 6.07) is -1.67. The van der Waals surface area contributed by atoms with E-state index in [4.69, 9.17) is 5.11 Å². The quantitative estimate of drug-likeness (QED) is 0.451. The van der Waals surface area contributed by atoms with Gasteiger partial charge in [-0.2, -0.15) is 0 Å². The van der Waals surface area contributed by atoms with Gasteiger partial charge in [-0.1, -0.05) is 13.3 Å². The van der Waals surface area contributed by atoms with Crippen LogP contribution in [0.2, 0.25) is 0 Å². The minimum absolute atomic E-state index is 0.106. The summed E-state index contributed by atoms with van der Waals surface area (Å²) in [5.41, 5.74) is 0. The molecule has 0 aromatic rings. The molecule has 7 heteroatoms. The van der Waals surface area contributed by atoms with Gasteiger partial charge in [0, 0.05) is 0 Å². The van der Waals surface area contributed by atoms with E-state index >= 15 is 0 Å². The molecule has 2 amide bonds. The lowest BCUT2D eigenvalue weighted by atomic mass is 10.1. The molecule has 0 bridgehead atoms. The van der Waals surface area contributed by atoms with Crippen molar-refractivity contribution in [2.24, 2.45) is 0 Å². The Morgan fingerprint density at radius 2 is 1.83 bits per heavy atom. The predicted molar refractivity (Wildman–Crippen MR) is 66.0 cm³/mol. The highest BCUT2D eigenvalue weighted by Gasteiger charge is 2.22. The highest BCUT2D eigenvalue weighted by Crippen LogP contribution is 1.97. The summed E-state index contributed by atoms with van der Waals surface area (Å²) in [6.45, 7) is 3.45. The molecule has 0 spiro atoms. The van der Waals surface area contributed by atoms with Crippen molar-refractivity contribution >= 4 is 17.8 Å². The monoisotopic (exact) mass is 259 g/mol. The third-order valence-corrected chi connectivity index (χ3v) is 2.30. The zero-order chi connectivity index (χ0) is 14.1. The molecule has 0 aliphatic carbocycles. The standard InChI is InChI=1S/C11H21N3O4/c1-4-5-8(11(17)18)14-10(16)7(2)13-9(15)6-12-3/h7-8,12H,4-6H2,1-3H3,(H,13,15)(H,14,16)(H,17,18)/t7-,8-/m0/s1. The number of carboxylic acid groups (broad SMARTS) is 1. The molecule has 0 rings (SSSR count). The van der Waals surface area contributed by atoms with Crippen molar-refractivity contribution in [2.45, 2.75) is 38.8 Å². The number of amides is 2. The Bertz CT molecular complexity index is 307. The van der Waals surface area contributed by atoms with Crippen LogP contribution in [0.5, 0.6) is 0 Å². The molecule has 0 saturated heterocycles. The Hall–Kier alpha value is -1.63. The second-order valence-electron chi connectivity index (χ2n) is 4.01. The van der Waals surface area contributed by atoms with Crippen molar-refractivity contribution < 1.29 is 19.5 Å². The van der Waals surface area contributed by atoms with Gasteiger partial charge < -0.3 is 21.1 Å². The van der Waals surface area contributed by atoms with Crippen molar-refractivity contribution in [1.29, 1.82) is 0 Å². The molecule has 0 fully saturated rings. The van der Waals surface area contributed by atoms with Gasteiger partial charge in [-0.05, 0) is 20.4 Å². The van der Waals surface area contributed by atoms with E-state index < -0.39 is 24.0 Å². The first-order chi connectivity index (χ1) is 8.42. The van der Waals surface area contributed by atoms with Crippen LogP contribution < -0.4 is 16.0 Å². The van der Waals surface area contributed by atoms with Crippen molar-refractivity contribution in [1.82, 2.24) is 16.0 Å². The first-order valence-corrected chi connectivity index (χ1v) is 5.89. The van der Waals surface area contributed by atoms with Crippen LogP contribution >= 0.6 is 0 Å². The highest BCUT2D eigenvalue weighted by molar-refractivity contribution is 5.90. The topological polar surface area (TPSA) is 108 Å². The summed E-state index contributed by atoms with van der Waals surface area (Å²) < 4.78 is 0. The average molecular weight is 259 g/mol. The zero-order valence-corrected chi connectivity index (χ0v) is 10.9. The number of hydrogen-bond donors (Lipinski definition) is 4. The fourth-order valence-corrected chi connectivity index (χ4v) is 1.36. The maximum Gasteiger partial charge on any atom is 0.326 e. The van der Waals surface area contributed by atoms with Crippen molar-refractivity contribution in [3.63, 3.8) is 0 Å². The molecule has 0 unspecified atom stereocenters. The number of rotatable bonds is 8. The molecule has 104 valence electrons. The van der Waals surface area contributed by atoms with Crippen LogP contribution in [0.3, 0.4) is 0 Å². The van der Waals surface area contributed by atoms with Crippen molar-refractivity contribution in [2.75, 3.05) is 13.6 Å². The molecule has 0 heterocycles. The van der Waals surface area contributed by atoms with Crippen molar-refractivity contribution in [3.8, 4) is 0 Å². The summed E-state index contributed by atoms with van der Waals surface area (Å²) in [5, 5.41) is 16.4. The van der Waals surface area contributed by atoms with Crippen LogP contribution in [0.15, 0.2) is 0 Å². The van der Waals surface area contributed by atoms with E-state index in [9.17, 15) is 14.4 Å². The van der Waals surface area contributed by atoms with E-state index in [0.29, 0.717) is 12.8 Å². The summed E-state index contributed by atoms with van der Waals surface area (Å²) in [5.74, 6) is -1.89. The van der Waals surface area contributed by atoms with Gasteiger partial charge in [-0.15, -0.1) is 0 Å². The highest BCUT2D eigenvalue weighted by atomic mass is 16.4. The molecule has 0 aliphatic rings. The Labute approximate surface area is 106 Å². The summed E-state index contributed by atoms with van der Waals surface area (Å²) in [7, 11) is 1.62. The normalized spacial score (nSPS) is 13.5. The molecule has 2 atom stereocenters. The summed E-state index contributed by atoms with van der Waals surface area (Å²) in [4.78, 5) is 33.8. The third-order valence-electron chi connectivity index (χ3n) is 2.30. The molecule has 18 heavy (non-hydrogen) atoms. The molecular weight excluding hydrogens is 238 g/mol. The van der Waals surface area contributed by atoms with Crippen LogP contribution in [0, 0.1) is 0 Å². The average Bonchev–Trinajstić information content (AvgIpc) is 2.28. The SMILES string of the molecule is CCC[C@H](NC(=O)[C@H](C)NC(=O)CNC)C(=O)O. The molecule has 0 saturated carbocycles. The Balaban J connectivity index is 4.28. The number of likely N-dealkylation sites (N-methyl/N-ethyl adjacent to an activating group) is 1. The smallest absolute Gasteiger partial charge is 0.326 e. The van der Waals surface area contributed by atoms with Crippen LogP contribution in [-0.4, -0.2) is 48.6 Å². The lowest BCUT2D eigenvalue weighted by Gasteiger charge is -2.18. The number of carbonyl (C=O) groups is 3. The van der Waals surface area contributed by atoms with Gasteiger partial charge in [0.25, 0.3) is 0 Å². The van der Waals surface area contributed by atoms with E-state index in [1.165, 1.54) is 6.92 Å². The molecule has 0 aliphatic heterocycles. The number of nitrogens with one attached hydrogen (secondary N) is 3. The lowest BCUT2D eigenvalue weighted by molar-refractivity contribution is -0.142. The van der Waals surface area contributed by atoms with E-state index in [2.05, 4.69) is 16.0 Å². The van der Waals surface area contributed by atoms with Crippen LogP contribution in [-0.2, 0) is 14.4 Å². The Kier molecular flexibility index (Phi) is 7.69. The van der Waals surface area contributed by atoms with E-state index in [0.717, 1.165) is 0 Å². The predicted octanol–water partition coefficient (Wildman–Crippen LogP) is -0.920. The van der Waals surface area contributed by atoms with E-state index in [-0.39, 0.29) is 12.5 Å². The molecule has 0 aromatic carbocycles. The lowest BCUT2D eigenvalue weighted by Crippen LogP contribution is -2.51. The zero-order valence-electron chi connectivity index (χ0n) is 10.9. The minimum Gasteiger partial charge on any atom is -0.480 e. The third kappa shape index (κ3) is 6.19. The van der Waals surface area contributed by atoms with Crippen LogP contribution in [0.25, 0.3) is 0 Å². The Morgan fingerprint density at radius 1 is 1.22 bits per heavy atom. The molecule has 4 N–H and O–H groups in total. The Morgan fingerprint density at radius 3 is 2.28 bits per heavy atom. The number of carboxylic acids is 1.